The molecule has 2 N–H and O–H groups in total. The molecule has 0 bridgehead atoms. The average Bonchev–Trinajstić information content (AvgIpc) is 3.27. The summed E-state index contributed by atoms with van der Waals surface area (Å²) in [5.74, 6) is -2.52. The third-order valence-electron chi connectivity index (χ3n) is 7.47. The summed E-state index contributed by atoms with van der Waals surface area (Å²) >= 11 is 0. The van der Waals surface area contributed by atoms with Gasteiger partial charge in [-0.25, -0.2) is 4.39 Å². The van der Waals surface area contributed by atoms with Gasteiger partial charge in [-0.2, -0.15) is 8.78 Å². The summed E-state index contributed by atoms with van der Waals surface area (Å²) < 4.78 is 52.9. The number of aliphatic imine (C=N–C) groups is 1. The minimum Gasteiger partial charge on any atom is -0.431 e. The maximum Gasteiger partial charge on any atom is 0.417 e. The van der Waals surface area contributed by atoms with Crippen LogP contribution in [0.15, 0.2) is 53.7 Å². The predicted octanol–water partition coefficient (Wildman–Crippen LogP) is 5.71. The van der Waals surface area contributed by atoms with E-state index in [1.807, 2.05) is 0 Å². The summed E-state index contributed by atoms with van der Waals surface area (Å²) in [6.45, 7) is 4.82. The molecule has 2 aromatic carbocycles. The van der Waals surface area contributed by atoms with Crippen LogP contribution < -0.4 is 4.74 Å². The number of Topliss-reactive ketones (excluding diaryl/α,β-unsaturated/α-hetero) is 1. The van der Waals surface area contributed by atoms with Crippen molar-refractivity contribution in [2.45, 2.75) is 44.3 Å². The molecule has 188 valence electrons. The van der Waals surface area contributed by atoms with E-state index in [1.54, 1.807) is 32.9 Å². The van der Waals surface area contributed by atoms with E-state index in [2.05, 4.69) is 9.98 Å². The molecule has 0 saturated heterocycles. The van der Waals surface area contributed by atoms with Gasteiger partial charge < -0.3 is 15.3 Å². The monoisotopic (exact) mass is 505 g/mol. The van der Waals surface area contributed by atoms with Gasteiger partial charge in [-0.3, -0.25) is 14.8 Å². The van der Waals surface area contributed by atoms with Crippen LogP contribution in [0.2, 0.25) is 0 Å². The molecule has 3 heterocycles. The molecular weight excluding hydrogens is 483 g/mol. The molecule has 3 aliphatic rings. The van der Waals surface area contributed by atoms with Gasteiger partial charge >= 0.3 is 6.11 Å². The number of nitrogens with one attached hydrogen (secondary N) is 1. The standard InChI is InChI=1S/C28H22F3N3O3/c1-4-14-23(32)24(35)15-6-5-7-20-22(15)27(28(30,31)37-20)17-10-16(18(29)11-19(17)34-25(14)27)13-8-9-21(33-12-13)26(2,3)36/h5-12,14,32,36H,4H2,1-3H3/t14-,27+/m1/s1. The fourth-order valence-electron chi connectivity index (χ4n) is 5.74. The van der Waals surface area contributed by atoms with Gasteiger partial charge in [0.05, 0.1) is 22.8 Å². The van der Waals surface area contributed by atoms with Crippen molar-refractivity contribution in [1.29, 1.82) is 5.41 Å². The Bertz CT molecular complexity index is 1560. The zero-order valence-electron chi connectivity index (χ0n) is 20.2. The Balaban J connectivity index is 1.66. The number of carbonyl (C=O) groups excluding carboxylic acids is 1. The first-order chi connectivity index (χ1) is 17.4. The lowest BCUT2D eigenvalue weighted by Crippen LogP contribution is -2.52. The molecule has 1 spiro atoms. The van der Waals surface area contributed by atoms with Crippen molar-refractivity contribution in [2.75, 3.05) is 0 Å². The van der Waals surface area contributed by atoms with Crippen molar-refractivity contribution < 1.29 is 27.8 Å². The Morgan fingerprint density at radius 2 is 1.92 bits per heavy atom. The number of halogens is 3. The van der Waals surface area contributed by atoms with Crippen LogP contribution in [0.25, 0.3) is 11.1 Å². The summed E-state index contributed by atoms with van der Waals surface area (Å²) in [6.07, 6.45) is -2.31. The van der Waals surface area contributed by atoms with E-state index in [-0.39, 0.29) is 51.5 Å². The minimum atomic E-state index is -3.86. The van der Waals surface area contributed by atoms with Gasteiger partial charge in [-0.15, -0.1) is 0 Å². The number of ether oxygens (including phenoxy) is 1. The lowest BCUT2D eigenvalue weighted by Gasteiger charge is -2.33. The molecule has 0 fully saturated rings. The van der Waals surface area contributed by atoms with Crippen molar-refractivity contribution in [3.63, 3.8) is 0 Å². The molecule has 0 amide bonds. The van der Waals surface area contributed by atoms with Crippen molar-refractivity contribution in [3.05, 3.63) is 76.9 Å². The van der Waals surface area contributed by atoms with Gasteiger partial charge in [0.15, 0.2) is 5.41 Å². The summed E-state index contributed by atoms with van der Waals surface area (Å²) in [7, 11) is 0. The number of carbonyl (C=O) groups is 1. The first-order valence-electron chi connectivity index (χ1n) is 11.9. The molecule has 0 radical (unpaired) electrons. The number of nitrogens with zero attached hydrogens (tertiary/aromatic N) is 2. The molecular formula is C28H22F3N3O3. The second kappa shape index (κ2) is 7.35. The first-order valence-corrected chi connectivity index (χ1v) is 11.9. The fourth-order valence-corrected chi connectivity index (χ4v) is 5.74. The third kappa shape index (κ3) is 2.91. The highest BCUT2D eigenvalue weighted by Crippen LogP contribution is 2.63. The van der Waals surface area contributed by atoms with Crippen molar-refractivity contribution in [3.8, 4) is 16.9 Å². The summed E-state index contributed by atoms with van der Waals surface area (Å²) in [4.78, 5) is 22.0. The van der Waals surface area contributed by atoms with Gasteiger partial charge in [-0.05, 0) is 38.5 Å². The van der Waals surface area contributed by atoms with E-state index in [9.17, 15) is 9.90 Å². The maximum absolute atomic E-state index is 16.2. The Kier molecular flexibility index (Phi) is 4.68. The molecule has 9 heteroatoms. The topological polar surface area (TPSA) is 95.6 Å². The molecule has 6 rings (SSSR count). The Morgan fingerprint density at radius 3 is 2.57 bits per heavy atom. The number of benzene rings is 2. The smallest absolute Gasteiger partial charge is 0.417 e. The van der Waals surface area contributed by atoms with Crippen molar-refractivity contribution >= 4 is 22.9 Å². The molecule has 6 nitrogen and oxygen atoms in total. The summed E-state index contributed by atoms with van der Waals surface area (Å²) in [6, 6.07) is 9.74. The molecule has 0 saturated carbocycles. The summed E-state index contributed by atoms with van der Waals surface area (Å²) in [5, 5.41) is 18.8. The van der Waals surface area contributed by atoms with Crippen LogP contribution in [0.5, 0.6) is 5.75 Å². The van der Waals surface area contributed by atoms with Crippen LogP contribution in [0.4, 0.5) is 18.9 Å². The van der Waals surface area contributed by atoms with Crippen LogP contribution in [0, 0.1) is 17.1 Å². The highest BCUT2D eigenvalue weighted by atomic mass is 19.3. The zero-order chi connectivity index (χ0) is 26.5. The van der Waals surface area contributed by atoms with E-state index in [0.717, 1.165) is 6.07 Å². The molecule has 0 unspecified atom stereocenters. The van der Waals surface area contributed by atoms with Gasteiger partial charge in [-0.1, -0.05) is 25.1 Å². The SMILES string of the molecule is CC[C@@H]1C(=N)C(=O)c2cccc3c2[C@@]2(C1=Nc1cc(F)c(-c4ccc(C(C)(C)O)nc4)cc12)C(F)(F)O3. The molecule has 1 aromatic heterocycles. The quantitative estimate of drug-likeness (QED) is 0.476. The van der Waals surface area contributed by atoms with E-state index < -0.39 is 34.6 Å². The third-order valence-corrected chi connectivity index (χ3v) is 7.47. The number of hydrogen-bond acceptors (Lipinski definition) is 6. The lowest BCUT2D eigenvalue weighted by molar-refractivity contribution is -0.184. The van der Waals surface area contributed by atoms with Crippen LogP contribution in [0.3, 0.4) is 0 Å². The second-order valence-corrected chi connectivity index (χ2v) is 10.1. The molecule has 2 aliphatic heterocycles. The predicted molar refractivity (Wildman–Crippen MR) is 131 cm³/mol. The number of alkyl halides is 2. The molecule has 37 heavy (non-hydrogen) atoms. The summed E-state index contributed by atoms with van der Waals surface area (Å²) in [5.41, 5.74) is -3.33. The molecule has 2 atom stereocenters. The molecule has 1 aliphatic carbocycles. The largest absolute Gasteiger partial charge is 0.431 e. The van der Waals surface area contributed by atoms with E-state index >= 15 is 13.2 Å². The number of rotatable bonds is 3. The van der Waals surface area contributed by atoms with Gasteiger partial charge in [0.1, 0.15) is 17.2 Å². The maximum atomic E-state index is 16.2. The second-order valence-electron chi connectivity index (χ2n) is 10.1. The number of fused-ring (bicyclic) bond motifs is 1. The van der Waals surface area contributed by atoms with Gasteiger partial charge in [0.2, 0.25) is 5.78 Å². The van der Waals surface area contributed by atoms with Crippen molar-refractivity contribution in [1.82, 2.24) is 4.98 Å². The highest BCUT2D eigenvalue weighted by molar-refractivity contribution is 6.51. The molecule has 3 aromatic rings. The normalized spacial score (nSPS) is 23.1. The highest BCUT2D eigenvalue weighted by Gasteiger charge is 2.72. The number of pyridine rings is 1. The minimum absolute atomic E-state index is 0.00242. The van der Waals surface area contributed by atoms with E-state index in [1.165, 1.54) is 30.5 Å². The Labute approximate surface area is 210 Å². The van der Waals surface area contributed by atoms with Crippen molar-refractivity contribution in [2.24, 2.45) is 10.9 Å². The van der Waals surface area contributed by atoms with Crippen LogP contribution >= 0.6 is 0 Å². The number of aliphatic hydroxyl groups is 1. The lowest BCUT2D eigenvalue weighted by atomic mass is 9.68. The van der Waals surface area contributed by atoms with Crippen LogP contribution in [-0.2, 0) is 11.0 Å². The van der Waals surface area contributed by atoms with Crippen LogP contribution in [-0.4, -0.2) is 33.4 Å². The number of ketones is 1. The number of aromatic nitrogens is 1. The van der Waals surface area contributed by atoms with Gasteiger partial charge in [0.25, 0.3) is 0 Å². The zero-order valence-corrected chi connectivity index (χ0v) is 20.2. The Morgan fingerprint density at radius 1 is 1.16 bits per heavy atom. The van der Waals surface area contributed by atoms with E-state index in [0.29, 0.717) is 11.3 Å². The fraction of sp³-hybridized carbons (Fsp3) is 0.286. The van der Waals surface area contributed by atoms with E-state index in [4.69, 9.17) is 10.1 Å². The number of hydrogen-bond donors (Lipinski definition) is 2. The first kappa shape index (κ1) is 23.5. The van der Waals surface area contributed by atoms with Gasteiger partial charge in [0, 0.05) is 46.0 Å². The van der Waals surface area contributed by atoms with Crippen LogP contribution in [0.1, 0.15) is 54.4 Å². The average molecular weight is 505 g/mol. The Hall–Kier alpha value is -3.85.